The van der Waals surface area contributed by atoms with Crippen molar-refractivity contribution in [2.45, 2.75) is 56.1 Å². The van der Waals surface area contributed by atoms with Crippen molar-refractivity contribution in [3.63, 3.8) is 0 Å². The monoisotopic (exact) mass is 557 g/mol. The van der Waals surface area contributed by atoms with Crippen LogP contribution < -0.4 is 10.1 Å². The number of sulfonamides is 1. The maximum absolute atomic E-state index is 13.8. The Hall–Kier alpha value is -4.02. The number of methoxy groups -OCH3 is 1. The molecule has 0 saturated heterocycles. The van der Waals surface area contributed by atoms with Crippen LogP contribution in [0.15, 0.2) is 77.7 Å². The molecule has 0 radical (unpaired) electrons. The number of aromatic nitrogens is 3. The maximum Gasteiger partial charge on any atom is 0.244 e. The number of fused-ring (bicyclic) bond motifs is 2. The predicted octanol–water partition coefficient (Wildman–Crippen LogP) is 4.43. The van der Waals surface area contributed by atoms with Crippen molar-refractivity contribution in [3.05, 3.63) is 89.7 Å². The number of carbonyl (C=O) groups is 1. The molecule has 2 aliphatic heterocycles. The molecule has 1 N–H and O–H groups in total. The second kappa shape index (κ2) is 10.9. The predicted molar refractivity (Wildman–Crippen MR) is 151 cm³/mol. The van der Waals surface area contributed by atoms with E-state index in [-0.39, 0.29) is 23.8 Å². The Labute approximate surface area is 233 Å². The van der Waals surface area contributed by atoms with Gasteiger partial charge in [0.15, 0.2) is 5.82 Å². The highest BCUT2D eigenvalue weighted by atomic mass is 32.2. The normalized spacial score (nSPS) is 17.4. The summed E-state index contributed by atoms with van der Waals surface area (Å²) in [4.78, 5) is 13.8. The highest BCUT2D eigenvalue weighted by Crippen LogP contribution is 2.31. The van der Waals surface area contributed by atoms with E-state index in [0.29, 0.717) is 11.4 Å². The maximum atomic E-state index is 13.8. The number of amides is 1. The number of carbonyl (C=O) groups excluding carboxylic acids is 1. The van der Waals surface area contributed by atoms with Gasteiger partial charge in [0, 0.05) is 30.8 Å². The molecule has 206 valence electrons. The van der Waals surface area contributed by atoms with Crippen LogP contribution in [0.4, 0.5) is 5.69 Å². The first-order valence-electron chi connectivity index (χ1n) is 13.5. The van der Waals surface area contributed by atoms with E-state index in [2.05, 4.69) is 20.1 Å². The van der Waals surface area contributed by atoms with E-state index in [9.17, 15) is 13.2 Å². The summed E-state index contributed by atoms with van der Waals surface area (Å²) >= 11 is 0. The first-order valence-corrected chi connectivity index (χ1v) is 14.9. The zero-order chi connectivity index (χ0) is 27.7. The molecule has 1 amide bonds. The molecule has 10 heteroatoms. The van der Waals surface area contributed by atoms with Gasteiger partial charge in [-0.25, -0.2) is 8.42 Å². The van der Waals surface area contributed by atoms with Gasteiger partial charge in [0.05, 0.1) is 12.0 Å². The fourth-order valence-corrected chi connectivity index (χ4v) is 7.05. The zero-order valence-corrected chi connectivity index (χ0v) is 23.1. The van der Waals surface area contributed by atoms with Crippen molar-refractivity contribution in [2.24, 2.45) is 0 Å². The third-order valence-electron chi connectivity index (χ3n) is 7.69. The van der Waals surface area contributed by atoms with E-state index < -0.39 is 16.1 Å². The number of anilines is 1. The molecule has 0 spiro atoms. The number of benzene rings is 3. The van der Waals surface area contributed by atoms with Gasteiger partial charge in [0.25, 0.3) is 0 Å². The second-order valence-electron chi connectivity index (χ2n) is 10.2. The number of nitrogens with one attached hydrogen (secondary N) is 1. The summed E-state index contributed by atoms with van der Waals surface area (Å²) in [6, 6.07) is 20.4. The quantitative estimate of drug-likeness (QED) is 0.376. The van der Waals surface area contributed by atoms with Crippen LogP contribution in [0.25, 0.3) is 11.4 Å². The van der Waals surface area contributed by atoms with Crippen LogP contribution in [0, 0.1) is 0 Å². The van der Waals surface area contributed by atoms with Crippen molar-refractivity contribution < 1.29 is 17.9 Å². The first kappa shape index (κ1) is 26.2. The van der Waals surface area contributed by atoms with Crippen LogP contribution >= 0.6 is 0 Å². The summed E-state index contributed by atoms with van der Waals surface area (Å²) in [5, 5.41) is 11.8. The van der Waals surface area contributed by atoms with Crippen molar-refractivity contribution in [1.29, 1.82) is 0 Å². The molecule has 0 bridgehead atoms. The zero-order valence-electron chi connectivity index (χ0n) is 22.3. The minimum Gasteiger partial charge on any atom is -0.497 e. The minimum absolute atomic E-state index is 0.111. The largest absolute Gasteiger partial charge is 0.497 e. The van der Waals surface area contributed by atoms with Gasteiger partial charge in [-0.15, -0.1) is 10.2 Å². The smallest absolute Gasteiger partial charge is 0.244 e. The molecule has 0 saturated carbocycles. The summed E-state index contributed by atoms with van der Waals surface area (Å²) in [7, 11) is -2.44. The van der Waals surface area contributed by atoms with Gasteiger partial charge in [0.1, 0.15) is 17.6 Å². The fourth-order valence-electron chi connectivity index (χ4n) is 5.48. The Morgan fingerprint density at radius 1 is 0.925 bits per heavy atom. The van der Waals surface area contributed by atoms with E-state index in [0.717, 1.165) is 54.1 Å². The third kappa shape index (κ3) is 5.00. The number of hydrogen-bond acceptors (Lipinski definition) is 6. The van der Waals surface area contributed by atoms with E-state index in [1.54, 1.807) is 12.1 Å². The van der Waals surface area contributed by atoms with Crippen molar-refractivity contribution >= 4 is 21.6 Å². The number of nitrogens with zero attached hydrogens (tertiary/aromatic N) is 4. The Morgan fingerprint density at radius 2 is 1.68 bits per heavy atom. The minimum atomic E-state index is -3.97. The summed E-state index contributed by atoms with van der Waals surface area (Å²) < 4.78 is 36.2. The SMILES string of the molecule is COc1ccc(S(=O)(=O)N2Cc3ccccc3C[C@H]2C(=O)Nc2ccc(-c3nnc4n3CCCCC4)cc2)cc1. The highest BCUT2D eigenvalue weighted by Gasteiger charge is 2.39. The van der Waals surface area contributed by atoms with Gasteiger partial charge in [0.2, 0.25) is 15.9 Å². The molecule has 3 aromatic carbocycles. The van der Waals surface area contributed by atoms with Gasteiger partial charge in [-0.05, 0) is 78.9 Å². The van der Waals surface area contributed by atoms with Crippen molar-refractivity contribution in [1.82, 2.24) is 19.1 Å². The van der Waals surface area contributed by atoms with Crippen LogP contribution in [0.5, 0.6) is 5.75 Å². The van der Waals surface area contributed by atoms with Crippen molar-refractivity contribution in [3.8, 4) is 17.1 Å². The molecule has 9 nitrogen and oxygen atoms in total. The average Bonchev–Trinajstić information content (AvgIpc) is 3.24. The second-order valence-corrected chi connectivity index (χ2v) is 12.1. The van der Waals surface area contributed by atoms with E-state index in [4.69, 9.17) is 4.74 Å². The molecule has 40 heavy (non-hydrogen) atoms. The molecular formula is C30H31N5O4S. The molecule has 3 heterocycles. The molecule has 1 aromatic heterocycles. The summed E-state index contributed by atoms with van der Waals surface area (Å²) in [5.41, 5.74) is 3.37. The van der Waals surface area contributed by atoms with Gasteiger partial charge in [-0.1, -0.05) is 30.7 Å². The summed E-state index contributed by atoms with van der Waals surface area (Å²) in [6.45, 7) is 1.01. The van der Waals surface area contributed by atoms with E-state index >= 15 is 0 Å². The lowest BCUT2D eigenvalue weighted by atomic mass is 9.95. The molecule has 1 atom stereocenters. The molecule has 0 unspecified atom stereocenters. The molecule has 6 rings (SSSR count). The Balaban J connectivity index is 1.26. The lowest BCUT2D eigenvalue weighted by molar-refractivity contribution is -0.120. The van der Waals surface area contributed by atoms with Crippen LogP contribution in [-0.4, -0.2) is 46.5 Å². The topological polar surface area (TPSA) is 106 Å². The highest BCUT2D eigenvalue weighted by molar-refractivity contribution is 7.89. The van der Waals surface area contributed by atoms with Crippen LogP contribution in [-0.2, 0) is 40.7 Å². The van der Waals surface area contributed by atoms with Gasteiger partial charge >= 0.3 is 0 Å². The Bertz CT molecular complexity index is 1630. The number of ether oxygens (including phenoxy) is 1. The molecular weight excluding hydrogens is 526 g/mol. The molecule has 4 aromatic rings. The third-order valence-corrected chi connectivity index (χ3v) is 9.56. The molecule has 0 fully saturated rings. The summed E-state index contributed by atoms with van der Waals surface area (Å²) in [5.74, 6) is 2.02. The Morgan fingerprint density at radius 3 is 2.42 bits per heavy atom. The molecule has 2 aliphatic rings. The van der Waals surface area contributed by atoms with Gasteiger partial charge in [-0.3, -0.25) is 4.79 Å². The Kier molecular flexibility index (Phi) is 7.12. The van der Waals surface area contributed by atoms with E-state index in [1.165, 1.54) is 30.0 Å². The summed E-state index contributed by atoms with van der Waals surface area (Å²) in [6.07, 6.45) is 4.63. The standard InChI is InChI=1S/C30H31N5O4S/c1-39-25-14-16-26(17-15-25)40(37,38)35-20-23-8-5-4-7-22(23)19-27(35)30(36)31-24-12-10-21(11-13-24)29-33-32-28-9-3-2-6-18-34(28)29/h4-5,7-8,10-17,27H,2-3,6,9,18-20H2,1H3,(H,31,36)/t27-/m0/s1. The molecule has 0 aliphatic carbocycles. The van der Waals surface area contributed by atoms with E-state index in [1.807, 2.05) is 48.5 Å². The lowest BCUT2D eigenvalue weighted by Crippen LogP contribution is -2.50. The average molecular weight is 558 g/mol. The first-order chi connectivity index (χ1) is 19.4. The number of hydrogen-bond donors (Lipinski definition) is 1. The van der Waals surface area contributed by atoms with Crippen LogP contribution in [0.3, 0.4) is 0 Å². The van der Waals surface area contributed by atoms with Crippen LogP contribution in [0.2, 0.25) is 0 Å². The van der Waals surface area contributed by atoms with Crippen LogP contribution in [0.1, 0.15) is 36.2 Å². The lowest BCUT2D eigenvalue weighted by Gasteiger charge is -2.35. The van der Waals surface area contributed by atoms with Crippen molar-refractivity contribution in [2.75, 3.05) is 12.4 Å². The van der Waals surface area contributed by atoms with Gasteiger partial charge in [-0.2, -0.15) is 4.31 Å². The number of aryl methyl sites for hydroxylation is 1. The van der Waals surface area contributed by atoms with Gasteiger partial charge < -0.3 is 14.6 Å². The number of rotatable bonds is 6. The fraction of sp³-hybridized carbons (Fsp3) is 0.300.